The Morgan fingerprint density at radius 1 is 1.03 bits per heavy atom. The van der Waals surface area contributed by atoms with Crippen LogP contribution in [0.3, 0.4) is 0 Å². The normalized spacial score (nSPS) is 16.8. The van der Waals surface area contributed by atoms with E-state index in [2.05, 4.69) is 15.3 Å². The van der Waals surface area contributed by atoms with E-state index in [9.17, 15) is 9.59 Å². The number of aryl methyl sites for hydroxylation is 2. The lowest BCUT2D eigenvalue weighted by Gasteiger charge is -2.32. The number of hydrogen-bond donors (Lipinski definition) is 1. The number of benzene rings is 1. The number of nitrogens with one attached hydrogen (secondary N) is 1. The number of amides is 2. The predicted molar refractivity (Wildman–Crippen MR) is 117 cm³/mol. The van der Waals surface area contributed by atoms with Crippen molar-refractivity contribution in [3.63, 3.8) is 0 Å². The summed E-state index contributed by atoms with van der Waals surface area (Å²) in [5, 5.41) is 2.92. The van der Waals surface area contributed by atoms with Crippen LogP contribution in [0.4, 0.5) is 0 Å². The number of ether oxygens (including phenoxy) is 1. The Labute approximate surface area is 183 Å². The maximum Gasteiger partial charge on any atom is 0.251 e. The van der Waals surface area contributed by atoms with E-state index in [0.717, 1.165) is 61.7 Å². The molecule has 1 aromatic carbocycles. The van der Waals surface area contributed by atoms with Crippen LogP contribution in [-0.4, -0.2) is 52.4 Å². The van der Waals surface area contributed by atoms with Crippen LogP contribution in [0.1, 0.15) is 53.3 Å². The summed E-state index contributed by atoms with van der Waals surface area (Å²) >= 11 is 0. The number of hydrogen-bond acceptors (Lipinski definition) is 5. The Kier molecular flexibility index (Phi) is 6.49. The van der Waals surface area contributed by atoms with Crippen LogP contribution in [0.15, 0.2) is 30.3 Å². The topological polar surface area (TPSA) is 84.4 Å². The average Bonchev–Trinajstić information content (AvgIpc) is 3.59. The molecule has 7 nitrogen and oxygen atoms in total. The van der Waals surface area contributed by atoms with Crippen LogP contribution in [0.2, 0.25) is 0 Å². The monoisotopic (exact) mass is 422 g/mol. The fourth-order valence-corrected chi connectivity index (χ4v) is 3.96. The third kappa shape index (κ3) is 5.81. The quantitative estimate of drug-likeness (QED) is 0.742. The van der Waals surface area contributed by atoms with Crippen LogP contribution in [-0.2, 0) is 11.2 Å². The van der Waals surface area contributed by atoms with Crippen molar-refractivity contribution in [3.05, 3.63) is 53.1 Å². The summed E-state index contributed by atoms with van der Waals surface area (Å²) in [4.78, 5) is 35.3. The first-order valence-corrected chi connectivity index (χ1v) is 11.1. The molecule has 2 aromatic rings. The Balaban J connectivity index is 1.21. The van der Waals surface area contributed by atoms with Gasteiger partial charge in [-0.1, -0.05) is 0 Å². The van der Waals surface area contributed by atoms with Crippen molar-refractivity contribution in [3.8, 4) is 5.75 Å². The van der Waals surface area contributed by atoms with Crippen LogP contribution in [0.5, 0.6) is 5.75 Å². The van der Waals surface area contributed by atoms with Gasteiger partial charge in [-0.25, -0.2) is 9.97 Å². The Morgan fingerprint density at radius 2 is 1.68 bits per heavy atom. The van der Waals surface area contributed by atoms with E-state index < -0.39 is 0 Å². The fourth-order valence-electron chi connectivity index (χ4n) is 3.96. The number of carbonyl (C=O) groups is 2. The van der Waals surface area contributed by atoms with Gasteiger partial charge in [0.25, 0.3) is 5.91 Å². The van der Waals surface area contributed by atoms with Gasteiger partial charge in [0.2, 0.25) is 5.91 Å². The van der Waals surface area contributed by atoms with Crippen molar-refractivity contribution in [1.82, 2.24) is 20.2 Å². The highest BCUT2D eigenvalue weighted by atomic mass is 16.5. The second-order valence-electron chi connectivity index (χ2n) is 8.51. The highest BCUT2D eigenvalue weighted by molar-refractivity contribution is 5.94. The van der Waals surface area contributed by atoms with E-state index in [0.29, 0.717) is 24.4 Å². The maximum absolute atomic E-state index is 12.4. The highest BCUT2D eigenvalue weighted by Gasteiger charge is 2.35. The van der Waals surface area contributed by atoms with Crippen molar-refractivity contribution in [2.45, 2.75) is 52.1 Å². The molecule has 0 radical (unpaired) electrons. The van der Waals surface area contributed by atoms with E-state index >= 15 is 0 Å². The van der Waals surface area contributed by atoms with Crippen LogP contribution in [0.25, 0.3) is 0 Å². The van der Waals surface area contributed by atoms with Gasteiger partial charge in [-0.3, -0.25) is 9.59 Å². The first kappa shape index (κ1) is 21.3. The van der Waals surface area contributed by atoms with Gasteiger partial charge in [0.05, 0.1) is 0 Å². The zero-order valence-corrected chi connectivity index (χ0v) is 18.3. The molecule has 31 heavy (non-hydrogen) atoms. The molecule has 2 heterocycles. The average molecular weight is 423 g/mol. The standard InChI is InChI=1S/C24H30N4O3/c1-16-15-17(2)27-22(26-16)9-12-25-23(29)18-5-7-20(8-6-18)31-21-10-13-28(14-11-21)24(30)19-3-4-19/h5-8,15,19,21H,3-4,9-14H2,1-2H3,(H,25,29). The molecular weight excluding hydrogens is 392 g/mol. The Bertz CT molecular complexity index is 912. The molecular formula is C24H30N4O3. The molecule has 4 rings (SSSR count). The zero-order chi connectivity index (χ0) is 21.8. The molecule has 2 amide bonds. The van der Waals surface area contributed by atoms with Gasteiger partial charge in [-0.2, -0.15) is 0 Å². The van der Waals surface area contributed by atoms with Gasteiger partial charge in [-0.15, -0.1) is 0 Å². The lowest BCUT2D eigenvalue weighted by Crippen LogP contribution is -2.42. The third-order valence-electron chi connectivity index (χ3n) is 5.76. The first-order valence-electron chi connectivity index (χ1n) is 11.1. The van der Waals surface area contributed by atoms with E-state index in [4.69, 9.17) is 4.74 Å². The molecule has 1 aliphatic heterocycles. The molecule has 164 valence electrons. The number of piperidine rings is 1. The summed E-state index contributed by atoms with van der Waals surface area (Å²) in [6.07, 6.45) is 4.50. The second kappa shape index (κ2) is 9.45. The highest BCUT2D eigenvalue weighted by Crippen LogP contribution is 2.32. The molecule has 1 saturated carbocycles. The zero-order valence-electron chi connectivity index (χ0n) is 18.3. The minimum absolute atomic E-state index is 0.112. The van der Waals surface area contributed by atoms with Crippen molar-refractivity contribution in [1.29, 1.82) is 0 Å². The van der Waals surface area contributed by atoms with Gasteiger partial charge in [0, 0.05) is 61.8 Å². The number of aromatic nitrogens is 2. The minimum Gasteiger partial charge on any atom is -0.490 e. The SMILES string of the molecule is Cc1cc(C)nc(CCNC(=O)c2ccc(OC3CCN(C(=O)C4CC4)CC3)cc2)n1. The predicted octanol–water partition coefficient (Wildman–Crippen LogP) is 2.85. The summed E-state index contributed by atoms with van der Waals surface area (Å²) in [7, 11) is 0. The number of carbonyl (C=O) groups excluding carboxylic acids is 2. The molecule has 1 aliphatic carbocycles. The molecule has 7 heteroatoms. The minimum atomic E-state index is -0.122. The van der Waals surface area contributed by atoms with Crippen molar-refractivity contribution in [2.75, 3.05) is 19.6 Å². The van der Waals surface area contributed by atoms with Gasteiger partial charge >= 0.3 is 0 Å². The number of likely N-dealkylation sites (tertiary alicyclic amines) is 1. The van der Waals surface area contributed by atoms with Gasteiger partial charge in [0.15, 0.2) is 0 Å². The van der Waals surface area contributed by atoms with E-state index in [1.165, 1.54) is 0 Å². The summed E-state index contributed by atoms with van der Waals surface area (Å²) in [6.45, 7) is 5.91. The molecule has 0 unspecified atom stereocenters. The Hall–Kier alpha value is -2.96. The van der Waals surface area contributed by atoms with E-state index in [1.54, 1.807) is 12.1 Å². The van der Waals surface area contributed by atoms with E-state index in [-0.39, 0.29) is 17.9 Å². The summed E-state index contributed by atoms with van der Waals surface area (Å²) in [5.74, 6) is 1.98. The molecule has 1 saturated heterocycles. The van der Waals surface area contributed by atoms with Gasteiger partial charge in [0.1, 0.15) is 17.7 Å². The van der Waals surface area contributed by atoms with Crippen molar-refractivity contribution >= 4 is 11.8 Å². The Morgan fingerprint density at radius 3 is 2.29 bits per heavy atom. The fraction of sp³-hybridized carbons (Fsp3) is 0.500. The molecule has 0 spiro atoms. The van der Waals surface area contributed by atoms with Crippen molar-refractivity contribution < 1.29 is 14.3 Å². The second-order valence-corrected chi connectivity index (χ2v) is 8.51. The first-order chi connectivity index (χ1) is 15.0. The molecule has 0 bridgehead atoms. The van der Waals surface area contributed by atoms with E-state index in [1.807, 2.05) is 36.9 Å². The van der Waals surface area contributed by atoms with Crippen LogP contribution in [0, 0.1) is 19.8 Å². The number of nitrogens with zero attached hydrogens (tertiary/aromatic N) is 3. The summed E-state index contributed by atoms with van der Waals surface area (Å²) in [6, 6.07) is 9.17. The lowest BCUT2D eigenvalue weighted by molar-refractivity contribution is -0.134. The molecule has 2 aliphatic rings. The van der Waals surface area contributed by atoms with Gasteiger partial charge < -0.3 is 15.0 Å². The summed E-state index contributed by atoms with van der Waals surface area (Å²) in [5.41, 5.74) is 2.47. The van der Waals surface area contributed by atoms with Crippen LogP contribution < -0.4 is 10.1 Å². The third-order valence-corrected chi connectivity index (χ3v) is 5.76. The smallest absolute Gasteiger partial charge is 0.251 e. The lowest BCUT2D eigenvalue weighted by atomic mass is 10.1. The maximum atomic E-state index is 12.4. The largest absolute Gasteiger partial charge is 0.490 e. The molecule has 1 N–H and O–H groups in total. The molecule has 0 atom stereocenters. The molecule has 1 aromatic heterocycles. The van der Waals surface area contributed by atoms with Crippen molar-refractivity contribution in [2.24, 2.45) is 5.92 Å². The molecule has 2 fully saturated rings. The van der Waals surface area contributed by atoms with Gasteiger partial charge in [-0.05, 0) is 57.0 Å². The number of rotatable bonds is 7. The summed E-state index contributed by atoms with van der Waals surface area (Å²) < 4.78 is 6.07. The van der Waals surface area contributed by atoms with Crippen LogP contribution >= 0.6 is 0 Å².